The molecule has 3 heteroatoms. The molecule has 1 amide bonds. The summed E-state index contributed by atoms with van der Waals surface area (Å²) >= 11 is 5.87. The van der Waals surface area contributed by atoms with E-state index in [1.165, 1.54) is 12.8 Å². The lowest BCUT2D eigenvalue weighted by atomic mass is 10.1. The quantitative estimate of drug-likeness (QED) is 0.857. The Hall–Kier alpha value is -1.02. The topological polar surface area (TPSA) is 29.1 Å². The molecule has 1 N–H and O–H groups in total. The first-order valence-corrected chi connectivity index (χ1v) is 6.07. The molecular formula is C13H16ClNO. The number of hydrogen-bond donors (Lipinski definition) is 1. The summed E-state index contributed by atoms with van der Waals surface area (Å²) in [4.78, 5) is 11.7. The van der Waals surface area contributed by atoms with Gasteiger partial charge in [-0.3, -0.25) is 4.79 Å². The Balaban J connectivity index is 1.84. The molecule has 1 atom stereocenters. The van der Waals surface area contributed by atoms with E-state index in [9.17, 15) is 4.79 Å². The molecule has 1 saturated carbocycles. The summed E-state index contributed by atoms with van der Waals surface area (Å²) in [5, 5.41) is 3.66. The highest BCUT2D eigenvalue weighted by Gasteiger charge is 2.32. The molecule has 2 rings (SSSR count). The third-order valence-electron chi connectivity index (χ3n) is 3.10. The van der Waals surface area contributed by atoms with Crippen molar-refractivity contribution in [1.29, 1.82) is 0 Å². The first kappa shape index (κ1) is 11.5. The number of amides is 1. The lowest BCUT2D eigenvalue weighted by Gasteiger charge is -2.11. The molecule has 1 aromatic carbocycles. The highest BCUT2D eigenvalue weighted by atomic mass is 35.5. The molecule has 1 fully saturated rings. The Morgan fingerprint density at radius 2 is 2.31 bits per heavy atom. The van der Waals surface area contributed by atoms with E-state index >= 15 is 0 Å². The Morgan fingerprint density at radius 1 is 1.56 bits per heavy atom. The van der Waals surface area contributed by atoms with Crippen molar-refractivity contribution in [3.05, 3.63) is 34.9 Å². The van der Waals surface area contributed by atoms with Gasteiger partial charge < -0.3 is 5.32 Å². The average molecular weight is 238 g/mol. The van der Waals surface area contributed by atoms with Gasteiger partial charge in [0.2, 0.25) is 5.91 Å². The van der Waals surface area contributed by atoms with Crippen LogP contribution < -0.4 is 5.32 Å². The van der Waals surface area contributed by atoms with Crippen LogP contribution in [0.4, 0.5) is 0 Å². The number of carbonyl (C=O) groups excluding carboxylic acids is 1. The minimum absolute atomic E-state index is 0.152. The van der Waals surface area contributed by atoms with Gasteiger partial charge in [0.1, 0.15) is 0 Å². The zero-order chi connectivity index (χ0) is 11.5. The van der Waals surface area contributed by atoms with Gasteiger partial charge in [-0.2, -0.15) is 0 Å². The highest BCUT2D eigenvalue weighted by molar-refractivity contribution is 6.30. The van der Waals surface area contributed by atoms with Crippen LogP contribution in [-0.4, -0.2) is 5.91 Å². The molecule has 0 heterocycles. The maximum atomic E-state index is 11.7. The Bertz CT molecular complexity index is 387. The van der Waals surface area contributed by atoms with Crippen LogP contribution in [0.3, 0.4) is 0 Å². The van der Waals surface area contributed by atoms with E-state index in [-0.39, 0.29) is 11.8 Å². The lowest BCUT2D eigenvalue weighted by Crippen LogP contribution is -2.29. The van der Waals surface area contributed by atoms with Gasteiger partial charge in [-0.05, 0) is 36.5 Å². The summed E-state index contributed by atoms with van der Waals surface area (Å²) < 4.78 is 0. The standard InChI is InChI=1S/C13H16ClNO/c1-9(11-5-6-11)13(16)15-8-10-3-2-4-12(14)7-10/h2-4,7,9,11H,5-6,8H2,1H3,(H,15,16)/t9-/m1/s1. The molecule has 1 aliphatic rings. The van der Waals surface area contributed by atoms with Crippen molar-refractivity contribution in [3.63, 3.8) is 0 Å². The van der Waals surface area contributed by atoms with Crippen LogP contribution in [0.15, 0.2) is 24.3 Å². The van der Waals surface area contributed by atoms with Gasteiger partial charge in [-0.1, -0.05) is 30.7 Å². The monoisotopic (exact) mass is 237 g/mol. The fourth-order valence-electron chi connectivity index (χ4n) is 1.81. The molecule has 0 aromatic heterocycles. The van der Waals surface area contributed by atoms with Crippen molar-refractivity contribution in [2.24, 2.45) is 11.8 Å². The fraction of sp³-hybridized carbons (Fsp3) is 0.462. The second kappa shape index (κ2) is 4.88. The van der Waals surface area contributed by atoms with Crippen molar-refractivity contribution < 1.29 is 4.79 Å². The van der Waals surface area contributed by atoms with E-state index in [1.54, 1.807) is 0 Å². The first-order chi connectivity index (χ1) is 7.66. The van der Waals surface area contributed by atoms with E-state index in [0.29, 0.717) is 17.5 Å². The van der Waals surface area contributed by atoms with Gasteiger partial charge in [0.15, 0.2) is 0 Å². The van der Waals surface area contributed by atoms with E-state index in [2.05, 4.69) is 5.32 Å². The molecule has 0 aliphatic heterocycles. The minimum Gasteiger partial charge on any atom is -0.352 e. The molecule has 86 valence electrons. The van der Waals surface area contributed by atoms with Crippen LogP contribution >= 0.6 is 11.6 Å². The Labute approximate surface area is 101 Å². The largest absolute Gasteiger partial charge is 0.352 e. The molecule has 1 aromatic rings. The average Bonchev–Trinajstić information content (AvgIpc) is 3.09. The summed E-state index contributed by atoms with van der Waals surface area (Å²) in [6, 6.07) is 7.57. The zero-order valence-corrected chi connectivity index (χ0v) is 10.1. The third kappa shape index (κ3) is 2.99. The predicted molar refractivity (Wildman–Crippen MR) is 65.2 cm³/mol. The Kier molecular flexibility index (Phi) is 3.49. The lowest BCUT2D eigenvalue weighted by molar-refractivity contribution is -0.125. The molecule has 0 radical (unpaired) electrons. The molecular weight excluding hydrogens is 222 g/mol. The minimum atomic E-state index is 0.152. The van der Waals surface area contributed by atoms with Crippen molar-refractivity contribution in [2.45, 2.75) is 26.3 Å². The normalized spacial score (nSPS) is 16.9. The first-order valence-electron chi connectivity index (χ1n) is 5.69. The van der Waals surface area contributed by atoms with Crippen LogP contribution in [0.2, 0.25) is 5.02 Å². The van der Waals surface area contributed by atoms with Gasteiger partial charge in [-0.15, -0.1) is 0 Å². The van der Waals surface area contributed by atoms with Crippen LogP contribution in [0.1, 0.15) is 25.3 Å². The van der Waals surface area contributed by atoms with Crippen LogP contribution in [0.25, 0.3) is 0 Å². The van der Waals surface area contributed by atoms with Gasteiger partial charge in [0.25, 0.3) is 0 Å². The number of benzene rings is 1. The third-order valence-corrected chi connectivity index (χ3v) is 3.33. The number of rotatable bonds is 4. The number of halogens is 1. The second-order valence-electron chi connectivity index (χ2n) is 4.47. The number of carbonyl (C=O) groups is 1. The summed E-state index contributed by atoms with van der Waals surface area (Å²) in [6.07, 6.45) is 2.40. The SMILES string of the molecule is C[C@@H](C(=O)NCc1cccc(Cl)c1)C1CC1. The van der Waals surface area contributed by atoms with Crippen LogP contribution in [-0.2, 0) is 11.3 Å². The Morgan fingerprint density at radius 3 is 2.94 bits per heavy atom. The van der Waals surface area contributed by atoms with E-state index in [1.807, 2.05) is 31.2 Å². The maximum Gasteiger partial charge on any atom is 0.223 e. The molecule has 16 heavy (non-hydrogen) atoms. The molecule has 0 bridgehead atoms. The van der Waals surface area contributed by atoms with E-state index in [4.69, 9.17) is 11.6 Å². The number of nitrogens with one attached hydrogen (secondary N) is 1. The molecule has 0 spiro atoms. The molecule has 1 aliphatic carbocycles. The summed E-state index contributed by atoms with van der Waals surface area (Å²) in [6.45, 7) is 2.57. The molecule has 0 unspecified atom stereocenters. The van der Waals surface area contributed by atoms with E-state index < -0.39 is 0 Å². The van der Waals surface area contributed by atoms with Crippen molar-refractivity contribution in [3.8, 4) is 0 Å². The molecule has 2 nitrogen and oxygen atoms in total. The zero-order valence-electron chi connectivity index (χ0n) is 9.37. The van der Waals surface area contributed by atoms with Gasteiger partial charge in [-0.25, -0.2) is 0 Å². The summed E-state index contributed by atoms with van der Waals surface area (Å²) in [5.74, 6) is 0.918. The maximum absolute atomic E-state index is 11.7. The second-order valence-corrected chi connectivity index (χ2v) is 4.91. The molecule has 0 saturated heterocycles. The van der Waals surface area contributed by atoms with Gasteiger partial charge in [0.05, 0.1) is 0 Å². The fourth-order valence-corrected chi connectivity index (χ4v) is 2.02. The van der Waals surface area contributed by atoms with Crippen molar-refractivity contribution >= 4 is 17.5 Å². The summed E-state index contributed by atoms with van der Waals surface area (Å²) in [7, 11) is 0. The van der Waals surface area contributed by atoms with Crippen LogP contribution in [0, 0.1) is 11.8 Å². The van der Waals surface area contributed by atoms with Crippen molar-refractivity contribution in [2.75, 3.05) is 0 Å². The highest BCUT2D eigenvalue weighted by Crippen LogP contribution is 2.36. The van der Waals surface area contributed by atoms with Crippen molar-refractivity contribution in [1.82, 2.24) is 5.32 Å². The van der Waals surface area contributed by atoms with Gasteiger partial charge in [0, 0.05) is 17.5 Å². The summed E-state index contributed by atoms with van der Waals surface area (Å²) in [5.41, 5.74) is 1.05. The van der Waals surface area contributed by atoms with Crippen LogP contribution in [0.5, 0.6) is 0 Å². The van der Waals surface area contributed by atoms with Gasteiger partial charge >= 0.3 is 0 Å². The predicted octanol–water partition coefficient (Wildman–Crippen LogP) is 3.00. The van der Waals surface area contributed by atoms with E-state index in [0.717, 1.165) is 5.56 Å². The number of hydrogen-bond acceptors (Lipinski definition) is 1. The smallest absolute Gasteiger partial charge is 0.223 e.